The molecule has 0 saturated heterocycles. The van der Waals surface area contributed by atoms with E-state index in [2.05, 4.69) is 65.0 Å². The van der Waals surface area contributed by atoms with Gasteiger partial charge in [-0.05, 0) is 73.0 Å². The van der Waals surface area contributed by atoms with Crippen molar-refractivity contribution in [2.75, 3.05) is 6.61 Å². The van der Waals surface area contributed by atoms with E-state index in [-0.39, 0.29) is 12.4 Å². The Balaban J connectivity index is 1.69. The van der Waals surface area contributed by atoms with Crippen LogP contribution in [0.3, 0.4) is 0 Å². The summed E-state index contributed by atoms with van der Waals surface area (Å²) in [7, 11) is 0. The van der Waals surface area contributed by atoms with Crippen molar-refractivity contribution in [1.82, 2.24) is 0 Å². The van der Waals surface area contributed by atoms with Crippen LogP contribution in [-0.4, -0.2) is 12.9 Å². The van der Waals surface area contributed by atoms with E-state index in [9.17, 15) is 0 Å². The quantitative estimate of drug-likeness (QED) is 0.394. The summed E-state index contributed by atoms with van der Waals surface area (Å²) < 4.78 is 12.5. The van der Waals surface area contributed by atoms with Crippen molar-refractivity contribution < 1.29 is 9.47 Å². The Morgan fingerprint density at radius 3 is 2.45 bits per heavy atom. The summed E-state index contributed by atoms with van der Waals surface area (Å²) in [4.78, 5) is 0. The number of fused-ring (bicyclic) bond motifs is 1. The first-order chi connectivity index (χ1) is 14.0. The van der Waals surface area contributed by atoms with Crippen molar-refractivity contribution >= 4 is 6.08 Å². The van der Waals surface area contributed by atoms with Gasteiger partial charge in [0.05, 0.1) is 12.7 Å². The third kappa shape index (κ3) is 6.18. The van der Waals surface area contributed by atoms with Gasteiger partial charge in [-0.25, -0.2) is 0 Å². The fraction of sp³-hybridized carbons (Fsp3) is 0.704. The van der Waals surface area contributed by atoms with E-state index >= 15 is 0 Å². The van der Waals surface area contributed by atoms with Crippen LogP contribution in [-0.2, 0) is 9.47 Å². The number of rotatable bonds is 9. The molecule has 0 spiro atoms. The average Bonchev–Trinajstić information content (AvgIpc) is 2.71. The van der Waals surface area contributed by atoms with E-state index in [4.69, 9.17) is 9.47 Å². The molecule has 29 heavy (non-hydrogen) atoms. The van der Waals surface area contributed by atoms with Gasteiger partial charge in [0, 0.05) is 0 Å². The lowest BCUT2D eigenvalue weighted by Gasteiger charge is -2.31. The van der Waals surface area contributed by atoms with E-state index < -0.39 is 0 Å². The Bertz CT molecular complexity index is 655. The van der Waals surface area contributed by atoms with Gasteiger partial charge in [0.1, 0.15) is 0 Å². The third-order valence-electron chi connectivity index (χ3n) is 6.73. The van der Waals surface area contributed by atoms with Crippen LogP contribution in [0.2, 0.25) is 0 Å². The second-order valence-electron chi connectivity index (χ2n) is 10.00. The Morgan fingerprint density at radius 1 is 1.00 bits per heavy atom. The minimum Gasteiger partial charge on any atom is -0.353 e. The normalized spacial score (nSPS) is 22.1. The zero-order chi connectivity index (χ0) is 20.8. The smallest absolute Gasteiger partial charge is 0.155 e. The van der Waals surface area contributed by atoms with E-state index in [0.29, 0.717) is 17.8 Å². The Labute approximate surface area is 179 Å². The molecule has 2 nitrogen and oxygen atoms in total. The summed E-state index contributed by atoms with van der Waals surface area (Å²) in [6, 6.07) is 6.82. The molecule has 2 aliphatic rings. The highest BCUT2D eigenvalue weighted by Gasteiger charge is 2.26. The van der Waals surface area contributed by atoms with Gasteiger partial charge in [0.2, 0.25) is 0 Å². The summed E-state index contributed by atoms with van der Waals surface area (Å²) in [6.07, 6.45) is 13.5. The topological polar surface area (TPSA) is 18.5 Å². The van der Waals surface area contributed by atoms with Crippen LogP contribution in [0.25, 0.3) is 6.08 Å². The first-order valence-electron chi connectivity index (χ1n) is 12.0. The predicted octanol–water partition coefficient (Wildman–Crippen LogP) is 7.89. The largest absolute Gasteiger partial charge is 0.353 e. The lowest BCUT2D eigenvalue weighted by molar-refractivity contribution is -0.169. The molecule has 2 aliphatic carbocycles. The molecule has 0 heterocycles. The van der Waals surface area contributed by atoms with Crippen molar-refractivity contribution in [2.24, 2.45) is 17.8 Å². The molecule has 3 unspecified atom stereocenters. The van der Waals surface area contributed by atoms with Crippen LogP contribution < -0.4 is 0 Å². The Kier molecular flexibility index (Phi) is 8.38. The Hall–Kier alpha value is -1.12. The number of hydrogen-bond acceptors (Lipinski definition) is 2. The third-order valence-corrected chi connectivity index (χ3v) is 6.73. The molecule has 1 fully saturated rings. The molecule has 162 valence electrons. The number of ether oxygens (including phenoxy) is 2. The van der Waals surface area contributed by atoms with Gasteiger partial charge in [0.25, 0.3) is 0 Å². The predicted molar refractivity (Wildman–Crippen MR) is 123 cm³/mol. The van der Waals surface area contributed by atoms with Gasteiger partial charge >= 0.3 is 0 Å². The number of hydrogen-bond donors (Lipinski definition) is 0. The molecule has 0 amide bonds. The maximum Gasteiger partial charge on any atom is 0.155 e. The fourth-order valence-electron chi connectivity index (χ4n) is 5.13. The molecule has 0 radical (unpaired) electrons. The van der Waals surface area contributed by atoms with Crippen LogP contribution in [0, 0.1) is 17.8 Å². The van der Waals surface area contributed by atoms with Crippen molar-refractivity contribution in [3.63, 3.8) is 0 Å². The fourth-order valence-corrected chi connectivity index (χ4v) is 5.13. The van der Waals surface area contributed by atoms with E-state index in [1.165, 1.54) is 55.2 Å². The molecule has 1 aromatic carbocycles. The van der Waals surface area contributed by atoms with Crippen LogP contribution in [0.1, 0.15) is 108 Å². The molecule has 2 heteroatoms. The zero-order valence-electron chi connectivity index (χ0n) is 19.3. The van der Waals surface area contributed by atoms with Crippen LogP contribution in [0.4, 0.5) is 0 Å². The minimum atomic E-state index is -0.151. The molecule has 1 saturated carbocycles. The van der Waals surface area contributed by atoms with Crippen molar-refractivity contribution in [1.29, 1.82) is 0 Å². The SMILES string of the molecule is CC(C)CC(c1cccc2c1C=CCC2OC(C)OCC1CCCCC1)C(C)C. The maximum atomic E-state index is 6.41. The second kappa shape index (κ2) is 10.8. The van der Waals surface area contributed by atoms with Crippen molar-refractivity contribution in [2.45, 2.75) is 97.9 Å². The van der Waals surface area contributed by atoms with Crippen molar-refractivity contribution in [3.05, 3.63) is 41.0 Å². The summed E-state index contributed by atoms with van der Waals surface area (Å²) in [6.45, 7) is 12.3. The van der Waals surface area contributed by atoms with Crippen LogP contribution >= 0.6 is 0 Å². The highest BCUT2D eigenvalue weighted by Crippen LogP contribution is 2.40. The van der Waals surface area contributed by atoms with Gasteiger partial charge < -0.3 is 9.47 Å². The monoisotopic (exact) mass is 398 g/mol. The molecule has 1 aromatic rings. The lowest BCUT2D eigenvalue weighted by Crippen LogP contribution is -2.23. The molecule has 3 rings (SSSR count). The molecular formula is C27H42O2. The molecule has 0 aromatic heterocycles. The molecular weight excluding hydrogens is 356 g/mol. The van der Waals surface area contributed by atoms with Gasteiger partial charge in [-0.1, -0.05) is 77.3 Å². The van der Waals surface area contributed by atoms with Crippen LogP contribution in [0.15, 0.2) is 24.3 Å². The summed E-state index contributed by atoms with van der Waals surface area (Å²) in [5.74, 6) is 2.65. The number of benzene rings is 1. The first kappa shape index (κ1) is 22.6. The summed E-state index contributed by atoms with van der Waals surface area (Å²) in [5, 5.41) is 0. The van der Waals surface area contributed by atoms with E-state index in [1.807, 2.05) is 0 Å². The minimum absolute atomic E-state index is 0.100. The highest BCUT2D eigenvalue weighted by atomic mass is 16.7. The Morgan fingerprint density at radius 2 is 1.76 bits per heavy atom. The van der Waals surface area contributed by atoms with Crippen molar-refractivity contribution in [3.8, 4) is 0 Å². The first-order valence-corrected chi connectivity index (χ1v) is 12.0. The molecule has 0 aliphatic heterocycles. The molecule has 0 bridgehead atoms. The summed E-state index contributed by atoms with van der Waals surface area (Å²) >= 11 is 0. The standard InChI is InChI=1S/C27H42O2/c1-19(2)17-26(20(3)4)24-13-9-15-25-23(24)14-10-16-27(25)29-21(5)28-18-22-11-7-6-8-12-22/h9-10,13-15,19-22,26-27H,6-8,11-12,16-18H2,1-5H3. The van der Waals surface area contributed by atoms with E-state index in [0.717, 1.165) is 18.9 Å². The van der Waals surface area contributed by atoms with E-state index in [1.54, 1.807) is 0 Å². The second-order valence-corrected chi connectivity index (χ2v) is 10.00. The van der Waals surface area contributed by atoms with Gasteiger partial charge in [0.15, 0.2) is 6.29 Å². The zero-order valence-corrected chi connectivity index (χ0v) is 19.3. The highest BCUT2D eigenvalue weighted by molar-refractivity contribution is 5.62. The van der Waals surface area contributed by atoms with Gasteiger partial charge in [-0.3, -0.25) is 0 Å². The van der Waals surface area contributed by atoms with Crippen LogP contribution in [0.5, 0.6) is 0 Å². The van der Waals surface area contributed by atoms with Gasteiger partial charge in [-0.2, -0.15) is 0 Å². The molecule has 3 atom stereocenters. The molecule has 0 N–H and O–H groups in total. The maximum absolute atomic E-state index is 6.41. The van der Waals surface area contributed by atoms with Gasteiger partial charge in [-0.15, -0.1) is 0 Å². The summed E-state index contributed by atoms with van der Waals surface area (Å²) in [5.41, 5.74) is 4.22. The lowest BCUT2D eigenvalue weighted by atomic mass is 9.77. The average molecular weight is 399 g/mol.